The van der Waals surface area contributed by atoms with Crippen molar-refractivity contribution in [3.05, 3.63) is 29.1 Å². The van der Waals surface area contributed by atoms with E-state index in [1.54, 1.807) is 0 Å². The molecule has 0 radical (unpaired) electrons. The van der Waals surface area contributed by atoms with Crippen molar-refractivity contribution in [1.82, 2.24) is 4.98 Å². The first-order valence-corrected chi connectivity index (χ1v) is 5.81. The average molecular weight is 247 g/mol. The van der Waals surface area contributed by atoms with Gasteiger partial charge in [0.05, 0.1) is 5.69 Å². The Bertz CT molecular complexity index is 569. The van der Waals surface area contributed by atoms with E-state index < -0.39 is 0 Å². The van der Waals surface area contributed by atoms with Gasteiger partial charge >= 0.3 is 0 Å². The minimum Gasteiger partial charge on any atom is -0.399 e. The fraction of sp³-hybridized carbons (Fsp3) is 0.0909. The molecule has 17 heavy (non-hydrogen) atoms. The molecule has 0 fully saturated rings. The molecule has 1 aromatic heterocycles. The predicted molar refractivity (Wildman–Crippen MR) is 72.2 cm³/mol. The number of aromatic nitrogens is 1. The number of thiazole rings is 1. The van der Waals surface area contributed by atoms with Crippen LogP contribution >= 0.6 is 11.3 Å². The number of benzene rings is 1. The van der Waals surface area contributed by atoms with Crippen molar-refractivity contribution >= 4 is 28.1 Å². The van der Waals surface area contributed by atoms with Gasteiger partial charge in [0.25, 0.3) is 0 Å². The Morgan fingerprint density at radius 3 is 2.76 bits per heavy atom. The first-order valence-electron chi connectivity index (χ1n) is 4.99. The van der Waals surface area contributed by atoms with Gasteiger partial charge in [-0.3, -0.25) is 0 Å². The zero-order valence-corrected chi connectivity index (χ0v) is 10.2. The number of aryl methyl sites for hydroxylation is 1. The number of nitrogens with zero attached hydrogens (tertiary/aromatic N) is 2. The molecule has 0 atom stereocenters. The quantitative estimate of drug-likeness (QED) is 0.426. The van der Waals surface area contributed by atoms with Gasteiger partial charge in [-0.05, 0) is 19.1 Å². The highest BCUT2D eigenvalue weighted by atomic mass is 32.1. The smallest absolute Gasteiger partial charge is 0.213 e. The Morgan fingerprint density at radius 2 is 2.12 bits per heavy atom. The van der Waals surface area contributed by atoms with E-state index >= 15 is 0 Å². The molecule has 2 aromatic rings. The van der Waals surface area contributed by atoms with Gasteiger partial charge in [0, 0.05) is 16.1 Å². The second-order valence-corrected chi connectivity index (χ2v) is 4.75. The topological polar surface area (TPSA) is 103 Å². The van der Waals surface area contributed by atoms with Gasteiger partial charge in [-0.25, -0.2) is 4.98 Å². The second kappa shape index (κ2) is 4.42. The largest absolute Gasteiger partial charge is 0.399 e. The van der Waals surface area contributed by atoms with Gasteiger partial charge in [0.15, 0.2) is 5.96 Å². The van der Waals surface area contributed by atoms with Crippen molar-refractivity contribution < 1.29 is 0 Å². The van der Waals surface area contributed by atoms with Gasteiger partial charge in [0.2, 0.25) is 5.13 Å². The van der Waals surface area contributed by atoms with E-state index in [1.165, 1.54) is 11.3 Å². The Balaban J connectivity index is 2.46. The molecule has 0 saturated heterocycles. The zero-order chi connectivity index (χ0) is 12.4. The van der Waals surface area contributed by atoms with E-state index in [2.05, 4.69) is 9.98 Å². The maximum Gasteiger partial charge on any atom is 0.213 e. The number of guanidine groups is 1. The Labute approximate surface area is 103 Å². The van der Waals surface area contributed by atoms with Crippen molar-refractivity contribution in [2.75, 3.05) is 5.73 Å². The van der Waals surface area contributed by atoms with E-state index in [9.17, 15) is 0 Å². The van der Waals surface area contributed by atoms with Crippen LogP contribution in [0.5, 0.6) is 0 Å². The molecule has 1 aromatic carbocycles. The standard InChI is InChI=1S/C11H13N5S/c1-6-9(7-3-2-4-8(12)5-7)15-11(17-6)16-10(13)14/h2-5H,12H2,1H3,(H4,13,14,15,16). The summed E-state index contributed by atoms with van der Waals surface area (Å²) in [6, 6.07) is 7.56. The minimum absolute atomic E-state index is 0.0119. The summed E-state index contributed by atoms with van der Waals surface area (Å²) in [5, 5.41) is 0.555. The Kier molecular flexibility index (Phi) is 2.97. The van der Waals surface area contributed by atoms with Crippen molar-refractivity contribution in [2.24, 2.45) is 16.5 Å². The Hall–Kier alpha value is -2.08. The number of rotatable bonds is 2. The molecule has 0 amide bonds. The third kappa shape index (κ3) is 2.54. The normalized spacial score (nSPS) is 10.2. The molecule has 0 saturated carbocycles. The van der Waals surface area contributed by atoms with Crippen LogP contribution in [-0.2, 0) is 0 Å². The fourth-order valence-electron chi connectivity index (χ4n) is 1.49. The molecule has 1 heterocycles. The van der Waals surface area contributed by atoms with Gasteiger partial charge in [0.1, 0.15) is 0 Å². The second-order valence-electron chi connectivity index (χ2n) is 3.56. The molecule has 6 N–H and O–H groups in total. The van der Waals surface area contributed by atoms with Crippen LogP contribution in [0.1, 0.15) is 4.88 Å². The Morgan fingerprint density at radius 1 is 1.35 bits per heavy atom. The third-order valence-electron chi connectivity index (χ3n) is 2.17. The van der Waals surface area contributed by atoms with Crippen LogP contribution in [0.3, 0.4) is 0 Å². The molecule has 0 aliphatic rings. The summed E-state index contributed by atoms with van der Waals surface area (Å²) in [6.45, 7) is 1.97. The average Bonchev–Trinajstić information content (AvgIpc) is 2.58. The van der Waals surface area contributed by atoms with Crippen molar-refractivity contribution in [1.29, 1.82) is 0 Å². The first kappa shape index (κ1) is 11.4. The highest BCUT2D eigenvalue weighted by molar-refractivity contribution is 7.15. The lowest BCUT2D eigenvalue weighted by Gasteiger charge is -1.99. The minimum atomic E-state index is 0.0119. The number of aliphatic imine (C=N–C) groups is 1. The van der Waals surface area contributed by atoms with Crippen LogP contribution < -0.4 is 17.2 Å². The number of nitrogen functional groups attached to an aromatic ring is 1. The van der Waals surface area contributed by atoms with Crippen molar-refractivity contribution in [2.45, 2.75) is 6.92 Å². The number of hydrogen-bond acceptors (Lipinski definition) is 4. The molecule has 0 aliphatic carbocycles. The van der Waals surface area contributed by atoms with Gasteiger partial charge in [-0.1, -0.05) is 23.5 Å². The third-order valence-corrected chi connectivity index (χ3v) is 3.03. The van der Waals surface area contributed by atoms with Crippen LogP contribution in [0.4, 0.5) is 10.8 Å². The summed E-state index contributed by atoms with van der Waals surface area (Å²) in [5.41, 5.74) is 18.9. The number of nitrogens with two attached hydrogens (primary N) is 3. The fourth-order valence-corrected chi connectivity index (χ4v) is 2.32. The maximum absolute atomic E-state index is 5.74. The lowest BCUT2D eigenvalue weighted by Crippen LogP contribution is -2.21. The van der Waals surface area contributed by atoms with Crippen LogP contribution in [0.15, 0.2) is 29.3 Å². The van der Waals surface area contributed by atoms with Gasteiger partial charge < -0.3 is 17.2 Å². The van der Waals surface area contributed by atoms with Crippen molar-refractivity contribution in [3.63, 3.8) is 0 Å². The molecule has 0 bridgehead atoms. The summed E-state index contributed by atoms with van der Waals surface area (Å²) < 4.78 is 0. The van der Waals surface area contributed by atoms with E-state index in [-0.39, 0.29) is 5.96 Å². The van der Waals surface area contributed by atoms with Gasteiger partial charge in [-0.15, -0.1) is 0 Å². The molecule has 0 spiro atoms. The summed E-state index contributed by atoms with van der Waals surface area (Å²) in [6.07, 6.45) is 0. The zero-order valence-electron chi connectivity index (χ0n) is 9.34. The molecule has 0 aliphatic heterocycles. The maximum atomic E-state index is 5.74. The number of anilines is 1. The summed E-state index contributed by atoms with van der Waals surface area (Å²) in [5.74, 6) is 0.0119. The lowest BCUT2D eigenvalue weighted by molar-refractivity contribution is 1.31. The summed E-state index contributed by atoms with van der Waals surface area (Å²) in [7, 11) is 0. The molecule has 6 heteroatoms. The van der Waals surface area contributed by atoms with Crippen LogP contribution in [0.2, 0.25) is 0 Å². The van der Waals surface area contributed by atoms with E-state index in [4.69, 9.17) is 17.2 Å². The predicted octanol–water partition coefficient (Wildman–Crippen LogP) is 1.61. The highest BCUT2D eigenvalue weighted by Crippen LogP contribution is 2.32. The van der Waals surface area contributed by atoms with E-state index in [0.29, 0.717) is 10.8 Å². The monoisotopic (exact) mass is 247 g/mol. The van der Waals surface area contributed by atoms with E-state index in [0.717, 1.165) is 16.1 Å². The molecule has 5 nitrogen and oxygen atoms in total. The molecular weight excluding hydrogens is 234 g/mol. The molecular formula is C11H13N5S. The van der Waals surface area contributed by atoms with Crippen LogP contribution in [0.25, 0.3) is 11.3 Å². The van der Waals surface area contributed by atoms with E-state index in [1.807, 2.05) is 31.2 Å². The lowest BCUT2D eigenvalue weighted by atomic mass is 10.1. The van der Waals surface area contributed by atoms with Crippen molar-refractivity contribution in [3.8, 4) is 11.3 Å². The van der Waals surface area contributed by atoms with Crippen LogP contribution in [-0.4, -0.2) is 10.9 Å². The SMILES string of the molecule is Cc1sc(N=C(N)N)nc1-c1cccc(N)c1. The van der Waals surface area contributed by atoms with Gasteiger partial charge in [-0.2, -0.15) is 4.99 Å². The molecule has 2 rings (SSSR count). The number of hydrogen-bond donors (Lipinski definition) is 3. The molecule has 88 valence electrons. The summed E-state index contributed by atoms with van der Waals surface area (Å²) >= 11 is 1.44. The molecule has 0 unspecified atom stereocenters. The highest BCUT2D eigenvalue weighted by Gasteiger charge is 2.09. The summed E-state index contributed by atoms with van der Waals surface area (Å²) in [4.78, 5) is 9.37. The van der Waals surface area contributed by atoms with Crippen LogP contribution in [0, 0.1) is 6.92 Å². The first-order chi connectivity index (χ1) is 8.06.